The summed E-state index contributed by atoms with van der Waals surface area (Å²) in [6, 6.07) is 76.9. The highest BCUT2D eigenvalue weighted by atomic mass is 15.0. The van der Waals surface area contributed by atoms with Crippen molar-refractivity contribution in [3.8, 4) is 68.0 Å². The molecule has 0 radical (unpaired) electrons. The highest BCUT2D eigenvalue weighted by Gasteiger charge is 2.20. The molecular weight excluding hydrogens is 729 g/mol. The summed E-state index contributed by atoms with van der Waals surface area (Å²) >= 11 is 0. The van der Waals surface area contributed by atoms with Gasteiger partial charge in [-0.25, -0.2) is 0 Å². The summed E-state index contributed by atoms with van der Waals surface area (Å²) in [4.78, 5) is 0. The normalized spacial score (nSPS) is 11.3. The molecule has 0 fully saturated rings. The third-order valence-electron chi connectivity index (χ3n) is 11.8. The van der Waals surface area contributed by atoms with Crippen LogP contribution in [0.2, 0.25) is 0 Å². The third-order valence-corrected chi connectivity index (χ3v) is 11.8. The van der Waals surface area contributed by atoms with Gasteiger partial charge in [-0.1, -0.05) is 146 Å². The zero-order valence-corrected chi connectivity index (χ0v) is 32.4. The van der Waals surface area contributed by atoms with Crippen molar-refractivity contribution in [1.82, 2.24) is 9.13 Å². The first kappa shape index (κ1) is 34.8. The largest absolute Gasteiger partial charge is 0.309 e. The van der Waals surface area contributed by atoms with E-state index in [0.29, 0.717) is 11.1 Å². The maximum atomic E-state index is 10.1. The quantitative estimate of drug-likeness (QED) is 0.169. The van der Waals surface area contributed by atoms with Gasteiger partial charge in [-0.3, -0.25) is 0 Å². The van der Waals surface area contributed by atoms with Crippen molar-refractivity contribution in [2.75, 3.05) is 0 Å². The molecule has 11 rings (SSSR count). The van der Waals surface area contributed by atoms with Crippen LogP contribution in [-0.2, 0) is 0 Å². The Kier molecular flexibility index (Phi) is 8.22. The van der Waals surface area contributed by atoms with E-state index in [1.165, 1.54) is 10.8 Å². The van der Waals surface area contributed by atoms with Gasteiger partial charge in [0, 0.05) is 38.5 Å². The van der Waals surface area contributed by atoms with Gasteiger partial charge < -0.3 is 9.13 Å². The molecule has 0 saturated heterocycles. The Bertz CT molecular complexity index is 3530. The topological polar surface area (TPSA) is 57.4 Å². The molecule has 0 amide bonds. The fourth-order valence-corrected chi connectivity index (χ4v) is 9.22. The van der Waals surface area contributed by atoms with Crippen LogP contribution in [0.4, 0.5) is 0 Å². The van der Waals surface area contributed by atoms with Gasteiger partial charge in [0.05, 0.1) is 45.3 Å². The maximum absolute atomic E-state index is 10.1. The van der Waals surface area contributed by atoms with Crippen molar-refractivity contribution in [3.63, 3.8) is 0 Å². The molecule has 0 unspecified atom stereocenters. The lowest BCUT2D eigenvalue weighted by Gasteiger charge is -2.19. The predicted molar refractivity (Wildman–Crippen MR) is 246 cm³/mol. The molecule has 60 heavy (non-hydrogen) atoms. The number of fused-ring (bicyclic) bond motifs is 6. The monoisotopic (exact) mass is 762 g/mol. The summed E-state index contributed by atoms with van der Waals surface area (Å²) in [6.07, 6.45) is 0. The van der Waals surface area contributed by atoms with E-state index in [-0.39, 0.29) is 0 Å². The molecule has 0 aliphatic carbocycles. The lowest BCUT2D eigenvalue weighted by Crippen LogP contribution is -2.00. The van der Waals surface area contributed by atoms with E-state index in [0.717, 1.165) is 88.7 Å². The Labute approximate surface area is 347 Å². The Morgan fingerprint density at radius 3 is 1.18 bits per heavy atom. The van der Waals surface area contributed by atoms with Crippen molar-refractivity contribution < 1.29 is 0 Å². The predicted octanol–water partition coefficient (Wildman–Crippen LogP) is 14.3. The first-order valence-electron chi connectivity index (χ1n) is 20.1. The smallest absolute Gasteiger partial charge is 0.0998 e. The van der Waals surface area contributed by atoms with Crippen LogP contribution < -0.4 is 0 Å². The van der Waals surface area contributed by atoms with Crippen LogP contribution >= 0.6 is 0 Å². The Hall–Kier alpha value is -8.44. The molecule has 0 atom stereocenters. The second kappa shape index (κ2) is 14.2. The van der Waals surface area contributed by atoms with Crippen LogP contribution in [-0.4, -0.2) is 9.13 Å². The van der Waals surface area contributed by atoms with E-state index < -0.39 is 0 Å². The Morgan fingerprint density at radius 2 is 0.683 bits per heavy atom. The molecule has 0 aliphatic heterocycles. The van der Waals surface area contributed by atoms with Gasteiger partial charge in [-0.2, -0.15) is 10.5 Å². The fourth-order valence-electron chi connectivity index (χ4n) is 9.22. The van der Waals surface area contributed by atoms with Gasteiger partial charge in [-0.05, 0) is 99.6 Å². The van der Waals surface area contributed by atoms with Crippen LogP contribution in [0.3, 0.4) is 0 Å². The molecule has 2 heterocycles. The van der Waals surface area contributed by atoms with Crippen molar-refractivity contribution in [2.45, 2.75) is 0 Å². The minimum Gasteiger partial charge on any atom is -0.309 e. The van der Waals surface area contributed by atoms with Crippen molar-refractivity contribution in [2.24, 2.45) is 0 Å². The lowest BCUT2D eigenvalue weighted by atomic mass is 9.86. The molecule has 11 aromatic rings. The summed E-state index contributed by atoms with van der Waals surface area (Å²) in [5, 5.41) is 24.6. The molecule has 0 bridgehead atoms. The molecule has 9 aromatic carbocycles. The van der Waals surface area contributed by atoms with Crippen LogP contribution in [0.15, 0.2) is 206 Å². The van der Waals surface area contributed by atoms with Gasteiger partial charge in [0.25, 0.3) is 0 Å². The second-order valence-corrected chi connectivity index (χ2v) is 15.1. The molecule has 4 nitrogen and oxygen atoms in total. The summed E-state index contributed by atoms with van der Waals surface area (Å²) in [5.74, 6) is 0. The second-order valence-electron chi connectivity index (χ2n) is 15.1. The minimum absolute atomic E-state index is 0.635. The van der Waals surface area contributed by atoms with E-state index in [1.54, 1.807) is 0 Å². The Morgan fingerprint density at radius 1 is 0.300 bits per heavy atom. The SMILES string of the molecule is N#Cc1ccc2c(c1)c1ccccc1n2-c1cc(-c2ccccc2-c2ccccc2-c2ccccc2-c2ccccc2C#N)cc(-n2c3ccccc3c3ccccc32)c1. The number of nitrogens with zero attached hydrogens (tertiary/aromatic N) is 4. The van der Waals surface area contributed by atoms with Gasteiger partial charge in [0.1, 0.15) is 0 Å². The van der Waals surface area contributed by atoms with E-state index in [2.05, 4.69) is 185 Å². The standard InChI is InChI=1S/C56H34N4/c57-35-37-29-30-56-52(31-37)51-25-11-14-28-55(51)60(56)41-33-39(32-40(34-41)59-53-26-12-9-23-49(53)50-24-10-13-27-54(50)59)43-17-3-4-19-45(43)47-21-7-8-22-48(47)46-20-6-5-18-44(46)42-16-2-1-15-38(42)36-58/h1-34H. The summed E-state index contributed by atoms with van der Waals surface area (Å²) in [6.45, 7) is 0. The minimum atomic E-state index is 0.635. The number of para-hydroxylation sites is 3. The van der Waals surface area contributed by atoms with Crippen LogP contribution in [0, 0.1) is 22.7 Å². The number of benzene rings is 9. The highest BCUT2D eigenvalue weighted by molar-refractivity contribution is 6.11. The Balaban J connectivity index is 1.20. The lowest BCUT2D eigenvalue weighted by molar-refractivity contribution is 1.13. The van der Waals surface area contributed by atoms with Crippen LogP contribution in [0.25, 0.3) is 99.5 Å². The van der Waals surface area contributed by atoms with Crippen LogP contribution in [0.1, 0.15) is 11.1 Å². The summed E-state index contributed by atoms with van der Waals surface area (Å²) in [7, 11) is 0. The summed E-state index contributed by atoms with van der Waals surface area (Å²) < 4.78 is 4.73. The molecule has 4 heteroatoms. The van der Waals surface area contributed by atoms with E-state index in [9.17, 15) is 10.5 Å². The molecule has 2 aromatic heterocycles. The fraction of sp³-hybridized carbons (Fsp3) is 0. The molecule has 278 valence electrons. The summed E-state index contributed by atoms with van der Waals surface area (Å²) in [5.41, 5.74) is 16.1. The number of nitriles is 2. The molecular formula is C56H34N4. The first-order chi connectivity index (χ1) is 29.7. The molecule has 0 N–H and O–H groups in total. The number of aromatic nitrogens is 2. The molecule has 0 spiro atoms. The van der Waals surface area contributed by atoms with Crippen molar-refractivity contribution in [1.29, 1.82) is 10.5 Å². The van der Waals surface area contributed by atoms with Crippen molar-refractivity contribution in [3.05, 3.63) is 217 Å². The zero-order valence-electron chi connectivity index (χ0n) is 32.4. The number of hydrogen-bond acceptors (Lipinski definition) is 2. The average molecular weight is 763 g/mol. The maximum Gasteiger partial charge on any atom is 0.0998 e. The van der Waals surface area contributed by atoms with E-state index >= 15 is 0 Å². The third kappa shape index (κ3) is 5.52. The molecule has 0 saturated carbocycles. The molecule has 0 aliphatic rings. The zero-order chi connectivity index (χ0) is 40.2. The number of rotatable bonds is 6. The highest BCUT2D eigenvalue weighted by Crippen LogP contribution is 2.44. The average Bonchev–Trinajstić information content (AvgIpc) is 3.84. The first-order valence-corrected chi connectivity index (χ1v) is 20.1. The van der Waals surface area contributed by atoms with Crippen molar-refractivity contribution >= 4 is 43.6 Å². The van der Waals surface area contributed by atoms with Gasteiger partial charge in [0.15, 0.2) is 0 Å². The van der Waals surface area contributed by atoms with E-state index in [1.807, 2.05) is 42.5 Å². The van der Waals surface area contributed by atoms with Gasteiger partial charge >= 0.3 is 0 Å². The van der Waals surface area contributed by atoms with Crippen LogP contribution in [0.5, 0.6) is 0 Å². The van der Waals surface area contributed by atoms with E-state index in [4.69, 9.17) is 0 Å². The van der Waals surface area contributed by atoms with Gasteiger partial charge in [0.2, 0.25) is 0 Å². The van der Waals surface area contributed by atoms with Gasteiger partial charge in [-0.15, -0.1) is 0 Å². The number of hydrogen-bond donors (Lipinski definition) is 0.